The lowest BCUT2D eigenvalue weighted by atomic mass is 9.95. The largest absolute Gasteiger partial charge is 0.379 e. The van der Waals surface area contributed by atoms with Crippen molar-refractivity contribution in [2.45, 2.75) is 50.0 Å². The molecule has 4 rings (SSSR count). The summed E-state index contributed by atoms with van der Waals surface area (Å²) < 4.78 is 38.7. The summed E-state index contributed by atoms with van der Waals surface area (Å²) in [6.45, 7) is 5.31. The second-order valence-electron chi connectivity index (χ2n) is 7.72. The number of amides is 1. The van der Waals surface area contributed by atoms with Gasteiger partial charge in [-0.15, -0.1) is 0 Å². The normalized spacial score (nSPS) is 28.1. The van der Waals surface area contributed by atoms with Crippen molar-refractivity contribution >= 4 is 15.9 Å². The van der Waals surface area contributed by atoms with E-state index in [2.05, 4.69) is 5.16 Å². The van der Waals surface area contributed by atoms with E-state index in [0.29, 0.717) is 37.8 Å². The first-order valence-electron chi connectivity index (χ1n) is 9.15. The highest BCUT2D eigenvalue weighted by Gasteiger charge is 2.50. The van der Waals surface area contributed by atoms with Crippen LogP contribution in [0, 0.1) is 19.8 Å². The molecular weight excluding hydrogens is 358 g/mol. The van der Waals surface area contributed by atoms with Gasteiger partial charge in [-0.25, -0.2) is 8.42 Å². The van der Waals surface area contributed by atoms with Crippen molar-refractivity contribution in [3.8, 4) is 0 Å². The number of sulfonamides is 1. The molecule has 2 saturated heterocycles. The molecule has 9 heteroatoms. The summed E-state index contributed by atoms with van der Waals surface area (Å²) in [5.41, 5.74) is -0.216. The molecule has 2 aliphatic heterocycles. The third-order valence-corrected chi connectivity index (χ3v) is 7.80. The predicted molar refractivity (Wildman–Crippen MR) is 92.0 cm³/mol. The van der Waals surface area contributed by atoms with Crippen LogP contribution in [0.15, 0.2) is 9.42 Å². The number of aryl methyl sites for hydroxylation is 2. The number of hydrogen-bond acceptors (Lipinski definition) is 6. The number of aromatic nitrogens is 1. The number of rotatable bonds is 4. The van der Waals surface area contributed by atoms with Crippen LogP contribution in [0.4, 0.5) is 0 Å². The Hall–Kier alpha value is -1.45. The molecule has 1 aromatic heterocycles. The molecule has 1 amide bonds. The quantitative estimate of drug-likeness (QED) is 0.773. The van der Waals surface area contributed by atoms with Gasteiger partial charge >= 0.3 is 0 Å². The molecule has 1 atom stereocenters. The van der Waals surface area contributed by atoms with Gasteiger partial charge in [0, 0.05) is 32.7 Å². The van der Waals surface area contributed by atoms with Crippen LogP contribution in [-0.2, 0) is 19.6 Å². The molecule has 26 heavy (non-hydrogen) atoms. The van der Waals surface area contributed by atoms with Gasteiger partial charge in [-0.2, -0.15) is 4.31 Å². The maximum Gasteiger partial charge on any atom is 0.248 e. The molecule has 1 unspecified atom stereocenters. The highest BCUT2D eigenvalue weighted by atomic mass is 32.2. The van der Waals surface area contributed by atoms with E-state index in [1.54, 1.807) is 13.8 Å². The molecule has 1 aliphatic carbocycles. The van der Waals surface area contributed by atoms with E-state index in [1.807, 2.05) is 4.90 Å². The lowest BCUT2D eigenvalue weighted by Gasteiger charge is -2.40. The van der Waals surface area contributed by atoms with Crippen LogP contribution in [0.1, 0.15) is 37.1 Å². The molecule has 0 radical (unpaired) electrons. The zero-order valence-electron chi connectivity index (χ0n) is 15.2. The van der Waals surface area contributed by atoms with Crippen molar-refractivity contribution < 1.29 is 22.5 Å². The summed E-state index contributed by atoms with van der Waals surface area (Å²) in [4.78, 5) is 14.9. The van der Waals surface area contributed by atoms with Crippen LogP contribution in [0.5, 0.6) is 0 Å². The average Bonchev–Trinajstić information content (AvgIpc) is 3.21. The number of nitrogens with zero attached hydrogens (tertiary/aromatic N) is 3. The first kappa shape index (κ1) is 17.9. The minimum Gasteiger partial charge on any atom is -0.379 e. The van der Waals surface area contributed by atoms with Crippen molar-refractivity contribution in [2.24, 2.45) is 5.92 Å². The van der Waals surface area contributed by atoms with E-state index in [4.69, 9.17) is 9.26 Å². The minimum atomic E-state index is -3.78. The van der Waals surface area contributed by atoms with Gasteiger partial charge in [-0.3, -0.25) is 4.79 Å². The fourth-order valence-corrected chi connectivity index (χ4v) is 5.89. The van der Waals surface area contributed by atoms with Crippen LogP contribution in [-0.4, -0.2) is 67.1 Å². The second-order valence-corrected chi connectivity index (χ2v) is 9.59. The van der Waals surface area contributed by atoms with E-state index in [0.717, 1.165) is 12.8 Å². The van der Waals surface area contributed by atoms with Gasteiger partial charge in [0.15, 0.2) is 5.76 Å². The maximum absolute atomic E-state index is 13.3. The van der Waals surface area contributed by atoms with Crippen LogP contribution >= 0.6 is 0 Å². The van der Waals surface area contributed by atoms with Crippen molar-refractivity contribution in [1.82, 2.24) is 14.4 Å². The summed E-state index contributed by atoms with van der Waals surface area (Å²) in [7, 11) is -3.78. The van der Waals surface area contributed by atoms with E-state index in [1.165, 1.54) is 4.31 Å². The smallest absolute Gasteiger partial charge is 0.248 e. The Labute approximate surface area is 153 Å². The fraction of sp³-hybridized carbons (Fsp3) is 0.765. The van der Waals surface area contributed by atoms with Crippen LogP contribution in [0.25, 0.3) is 0 Å². The van der Waals surface area contributed by atoms with Gasteiger partial charge in [0.25, 0.3) is 0 Å². The first-order chi connectivity index (χ1) is 12.3. The Kier molecular flexibility index (Phi) is 4.36. The van der Waals surface area contributed by atoms with Crippen molar-refractivity contribution in [2.75, 3.05) is 32.8 Å². The topological polar surface area (TPSA) is 93.0 Å². The molecule has 8 nitrogen and oxygen atoms in total. The number of hydrogen-bond donors (Lipinski definition) is 0. The number of carbonyl (C=O) groups excluding carboxylic acids is 1. The molecular formula is C17H25N3O5S. The van der Waals surface area contributed by atoms with Gasteiger partial charge in [0.2, 0.25) is 15.9 Å². The van der Waals surface area contributed by atoms with Gasteiger partial charge in [0.05, 0.1) is 12.1 Å². The fourth-order valence-electron chi connectivity index (χ4n) is 4.08. The average molecular weight is 383 g/mol. The Bertz CT molecular complexity index is 789. The highest BCUT2D eigenvalue weighted by Crippen LogP contribution is 2.38. The third-order valence-electron chi connectivity index (χ3n) is 5.71. The molecule has 144 valence electrons. The second kappa shape index (κ2) is 6.31. The zero-order chi connectivity index (χ0) is 18.5. The van der Waals surface area contributed by atoms with Crippen molar-refractivity contribution in [3.63, 3.8) is 0 Å². The van der Waals surface area contributed by atoms with Gasteiger partial charge < -0.3 is 14.2 Å². The molecule has 0 aromatic carbocycles. The Morgan fingerprint density at radius 2 is 2.08 bits per heavy atom. The molecule has 1 aromatic rings. The SMILES string of the molecule is Cc1noc(C)c1S(=O)(=O)N1CCC(=O)N(CC2CC2)C2(CCOC2)C1. The molecule has 3 fully saturated rings. The molecule has 0 N–H and O–H groups in total. The lowest BCUT2D eigenvalue weighted by Crippen LogP contribution is -2.57. The summed E-state index contributed by atoms with van der Waals surface area (Å²) in [5.74, 6) is 0.852. The molecule has 3 aliphatic rings. The molecule has 3 heterocycles. The van der Waals surface area contributed by atoms with Crippen LogP contribution in [0.3, 0.4) is 0 Å². The minimum absolute atomic E-state index is 0.0267. The van der Waals surface area contributed by atoms with E-state index < -0.39 is 15.6 Å². The summed E-state index contributed by atoms with van der Waals surface area (Å²) in [5, 5.41) is 3.78. The van der Waals surface area contributed by atoms with E-state index in [-0.39, 0.29) is 36.1 Å². The van der Waals surface area contributed by atoms with E-state index >= 15 is 0 Å². The van der Waals surface area contributed by atoms with Gasteiger partial charge in [-0.05, 0) is 39.0 Å². The van der Waals surface area contributed by atoms with Gasteiger partial charge in [0.1, 0.15) is 10.6 Å². The lowest BCUT2D eigenvalue weighted by molar-refractivity contribution is -0.136. The third kappa shape index (κ3) is 2.95. The van der Waals surface area contributed by atoms with Gasteiger partial charge in [-0.1, -0.05) is 5.16 Å². The summed E-state index contributed by atoms with van der Waals surface area (Å²) >= 11 is 0. The van der Waals surface area contributed by atoms with Crippen LogP contribution < -0.4 is 0 Å². The number of ether oxygens (including phenoxy) is 1. The summed E-state index contributed by atoms with van der Waals surface area (Å²) in [6.07, 6.45) is 3.14. The monoisotopic (exact) mass is 383 g/mol. The Morgan fingerprint density at radius 3 is 2.65 bits per heavy atom. The molecule has 1 spiro atoms. The molecule has 0 bridgehead atoms. The zero-order valence-corrected chi connectivity index (χ0v) is 16.0. The molecule has 1 saturated carbocycles. The summed E-state index contributed by atoms with van der Waals surface area (Å²) in [6, 6.07) is 0. The standard InChI is InChI=1S/C17H25N3O5S/c1-12-16(13(2)25-18-12)26(22,23)19-7-5-15(21)20(9-14-3-4-14)17(10-19)6-8-24-11-17/h14H,3-11H2,1-2H3. The van der Waals surface area contributed by atoms with E-state index in [9.17, 15) is 13.2 Å². The highest BCUT2D eigenvalue weighted by molar-refractivity contribution is 7.89. The van der Waals surface area contributed by atoms with Crippen LogP contribution in [0.2, 0.25) is 0 Å². The van der Waals surface area contributed by atoms with Crippen molar-refractivity contribution in [3.05, 3.63) is 11.5 Å². The Balaban J connectivity index is 1.69. The Morgan fingerprint density at radius 1 is 1.31 bits per heavy atom. The van der Waals surface area contributed by atoms with Crippen molar-refractivity contribution in [1.29, 1.82) is 0 Å². The first-order valence-corrected chi connectivity index (χ1v) is 10.6. The predicted octanol–water partition coefficient (Wildman–Crippen LogP) is 1.08. The number of carbonyl (C=O) groups is 1. The maximum atomic E-state index is 13.3.